The van der Waals surface area contributed by atoms with Gasteiger partial charge in [-0.1, -0.05) is 30.3 Å². The number of rotatable bonds is 6. The van der Waals surface area contributed by atoms with E-state index in [1.807, 2.05) is 36.4 Å². The molecule has 2 aromatic heterocycles. The fraction of sp³-hybridized carbons (Fsp3) is 0.125. The van der Waals surface area contributed by atoms with Crippen molar-refractivity contribution in [3.63, 3.8) is 0 Å². The van der Waals surface area contributed by atoms with Gasteiger partial charge >= 0.3 is 6.18 Å². The van der Waals surface area contributed by atoms with Crippen LogP contribution in [-0.4, -0.2) is 26.5 Å². The van der Waals surface area contributed by atoms with Crippen molar-refractivity contribution >= 4 is 17.4 Å². The maximum atomic E-state index is 13.0. The second-order valence-corrected chi connectivity index (χ2v) is 7.32. The monoisotopic (exact) mass is 451 g/mol. The van der Waals surface area contributed by atoms with E-state index in [2.05, 4.69) is 20.6 Å². The van der Waals surface area contributed by atoms with Gasteiger partial charge in [0.25, 0.3) is 0 Å². The van der Waals surface area contributed by atoms with Crippen molar-refractivity contribution in [2.45, 2.75) is 19.1 Å². The molecule has 0 aliphatic rings. The first kappa shape index (κ1) is 22.1. The fourth-order valence-corrected chi connectivity index (χ4v) is 3.26. The molecule has 4 aromatic rings. The lowest BCUT2D eigenvalue weighted by Crippen LogP contribution is -2.32. The minimum absolute atomic E-state index is 0.298. The standard InChI is InChI=1S/C24H20F3N5O/c1-16(22(33)31-21-12-7-18(15-29-21)17-5-3-2-4-6-17)30-19-8-10-20(11-9-19)32-14-13-28-23(32)24(25,26)27/h2-16,30H,1H3,(H,29,31,33). The van der Waals surface area contributed by atoms with Crippen molar-refractivity contribution in [2.24, 2.45) is 0 Å². The molecule has 2 heterocycles. The Kier molecular flexibility index (Phi) is 6.12. The first-order valence-electron chi connectivity index (χ1n) is 10.1. The zero-order valence-corrected chi connectivity index (χ0v) is 17.5. The van der Waals surface area contributed by atoms with Crippen LogP contribution in [0, 0.1) is 0 Å². The van der Waals surface area contributed by atoms with Crippen LogP contribution in [0.1, 0.15) is 12.7 Å². The summed E-state index contributed by atoms with van der Waals surface area (Å²) in [5, 5.41) is 5.78. The highest BCUT2D eigenvalue weighted by Gasteiger charge is 2.36. The number of alkyl halides is 3. The number of halogens is 3. The largest absolute Gasteiger partial charge is 0.450 e. The van der Waals surface area contributed by atoms with Gasteiger partial charge in [0.2, 0.25) is 11.7 Å². The van der Waals surface area contributed by atoms with Crippen molar-refractivity contribution in [1.82, 2.24) is 14.5 Å². The molecule has 4 rings (SSSR count). The van der Waals surface area contributed by atoms with Crippen molar-refractivity contribution in [2.75, 3.05) is 10.6 Å². The molecule has 0 saturated heterocycles. The highest BCUT2D eigenvalue weighted by atomic mass is 19.4. The molecule has 0 fully saturated rings. The molecule has 0 bridgehead atoms. The van der Waals surface area contributed by atoms with Crippen molar-refractivity contribution in [1.29, 1.82) is 0 Å². The van der Waals surface area contributed by atoms with E-state index in [1.165, 1.54) is 18.3 Å². The topological polar surface area (TPSA) is 71.8 Å². The lowest BCUT2D eigenvalue weighted by Gasteiger charge is -2.16. The van der Waals surface area contributed by atoms with Gasteiger partial charge in [-0.05, 0) is 48.9 Å². The molecular formula is C24H20F3N5O. The molecule has 0 aliphatic carbocycles. The zero-order chi connectivity index (χ0) is 23.4. The van der Waals surface area contributed by atoms with Gasteiger partial charge in [0.1, 0.15) is 11.9 Å². The van der Waals surface area contributed by atoms with Gasteiger partial charge in [-0.15, -0.1) is 0 Å². The highest BCUT2D eigenvalue weighted by Crippen LogP contribution is 2.30. The molecule has 1 unspecified atom stereocenters. The van der Waals surface area contributed by atoms with Crippen molar-refractivity contribution in [3.8, 4) is 16.8 Å². The number of hydrogen-bond acceptors (Lipinski definition) is 4. The number of anilines is 2. The summed E-state index contributed by atoms with van der Waals surface area (Å²) in [6.07, 6.45) is -0.521. The van der Waals surface area contributed by atoms with Crippen LogP contribution in [0.4, 0.5) is 24.7 Å². The molecule has 168 valence electrons. The van der Waals surface area contributed by atoms with Crippen LogP contribution in [0.25, 0.3) is 16.8 Å². The van der Waals surface area contributed by atoms with Crippen molar-refractivity contribution in [3.05, 3.63) is 91.1 Å². The molecule has 0 aliphatic heterocycles. The average Bonchev–Trinajstić information content (AvgIpc) is 3.31. The Morgan fingerprint density at radius 2 is 1.67 bits per heavy atom. The Labute approximate surface area is 188 Å². The number of aromatic nitrogens is 3. The lowest BCUT2D eigenvalue weighted by molar-refractivity contribution is -0.145. The molecule has 6 nitrogen and oxygen atoms in total. The maximum absolute atomic E-state index is 13.0. The predicted octanol–water partition coefficient (Wildman–Crippen LogP) is 5.39. The number of benzene rings is 2. The Hall–Kier alpha value is -4.14. The summed E-state index contributed by atoms with van der Waals surface area (Å²) in [7, 11) is 0. The number of carbonyl (C=O) groups is 1. The molecule has 0 spiro atoms. The van der Waals surface area contributed by atoms with E-state index >= 15 is 0 Å². The van der Waals surface area contributed by atoms with Crippen LogP contribution in [0.3, 0.4) is 0 Å². The Morgan fingerprint density at radius 3 is 2.30 bits per heavy atom. The number of pyridine rings is 1. The van der Waals surface area contributed by atoms with Crippen LogP contribution in [0.5, 0.6) is 0 Å². The Bertz CT molecular complexity index is 1220. The molecule has 0 radical (unpaired) electrons. The van der Waals surface area contributed by atoms with Gasteiger partial charge in [-0.25, -0.2) is 9.97 Å². The third-order valence-electron chi connectivity index (χ3n) is 4.94. The summed E-state index contributed by atoms with van der Waals surface area (Å²) in [6, 6.07) is 19.0. The van der Waals surface area contributed by atoms with E-state index in [-0.39, 0.29) is 5.91 Å². The summed E-state index contributed by atoms with van der Waals surface area (Å²) in [4.78, 5) is 20.2. The fourth-order valence-electron chi connectivity index (χ4n) is 3.26. The van der Waals surface area contributed by atoms with Crippen LogP contribution in [0.2, 0.25) is 0 Å². The van der Waals surface area contributed by atoms with Crippen LogP contribution < -0.4 is 10.6 Å². The van der Waals surface area contributed by atoms with E-state index in [0.29, 0.717) is 17.2 Å². The third kappa shape index (κ3) is 5.20. The summed E-state index contributed by atoms with van der Waals surface area (Å²) in [5.74, 6) is -0.877. The summed E-state index contributed by atoms with van der Waals surface area (Å²) in [6.45, 7) is 1.68. The van der Waals surface area contributed by atoms with E-state index in [1.54, 1.807) is 31.3 Å². The number of hydrogen-bond donors (Lipinski definition) is 2. The van der Waals surface area contributed by atoms with Gasteiger partial charge in [-0.2, -0.15) is 13.2 Å². The number of nitrogens with one attached hydrogen (secondary N) is 2. The van der Waals surface area contributed by atoms with Gasteiger partial charge in [0, 0.05) is 35.5 Å². The van der Waals surface area contributed by atoms with Crippen LogP contribution in [0.15, 0.2) is 85.3 Å². The van der Waals surface area contributed by atoms with Gasteiger partial charge in [-0.3, -0.25) is 9.36 Å². The molecular weight excluding hydrogens is 431 g/mol. The Morgan fingerprint density at radius 1 is 0.939 bits per heavy atom. The molecule has 2 aromatic carbocycles. The Balaban J connectivity index is 1.38. The van der Waals surface area contributed by atoms with E-state index in [4.69, 9.17) is 0 Å². The number of nitrogens with zero attached hydrogens (tertiary/aromatic N) is 3. The van der Waals surface area contributed by atoms with Gasteiger partial charge < -0.3 is 10.6 Å². The van der Waals surface area contributed by atoms with Crippen LogP contribution >= 0.6 is 0 Å². The number of amides is 1. The molecule has 0 saturated carbocycles. The molecule has 1 amide bonds. The molecule has 2 N–H and O–H groups in total. The van der Waals surface area contributed by atoms with E-state index < -0.39 is 18.0 Å². The smallest absolute Gasteiger partial charge is 0.374 e. The maximum Gasteiger partial charge on any atom is 0.450 e. The second-order valence-electron chi connectivity index (χ2n) is 7.32. The minimum Gasteiger partial charge on any atom is -0.374 e. The normalized spacial score (nSPS) is 12.2. The zero-order valence-electron chi connectivity index (χ0n) is 17.5. The average molecular weight is 451 g/mol. The van der Waals surface area contributed by atoms with E-state index in [0.717, 1.165) is 21.9 Å². The summed E-state index contributed by atoms with van der Waals surface area (Å²) in [5.41, 5.74) is 2.86. The van der Waals surface area contributed by atoms with E-state index in [9.17, 15) is 18.0 Å². The molecule has 1 atom stereocenters. The lowest BCUT2D eigenvalue weighted by atomic mass is 10.1. The van der Waals surface area contributed by atoms with Gasteiger partial charge in [0.05, 0.1) is 0 Å². The number of carbonyl (C=O) groups excluding carboxylic acids is 1. The molecule has 9 heteroatoms. The molecule has 33 heavy (non-hydrogen) atoms. The number of imidazole rings is 1. The summed E-state index contributed by atoms with van der Waals surface area (Å²) >= 11 is 0. The predicted molar refractivity (Wildman–Crippen MR) is 120 cm³/mol. The van der Waals surface area contributed by atoms with Crippen LogP contribution in [-0.2, 0) is 11.0 Å². The highest BCUT2D eigenvalue weighted by molar-refractivity contribution is 5.95. The van der Waals surface area contributed by atoms with Gasteiger partial charge in [0.15, 0.2) is 0 Å². The van der Waals surface area contributed by atoms with Crippen molar-refractivity contribution < 1.29 is 18.0 Å². The first-order chi connectivity index (χ1) is 15.8. The SMILES string of the molecule is CC(Nc1ccc(-n2ccnc2C(F)(F)F)cc1)C(=O)Nc1ccc(-c2ccccc2)cn1. The third-order valence-corrected chi connectivity index (χ3v) is 4.94. The minimum atomic E-state index is -4.56. The first-order valence-corrected chi connectivity index (χ1v) is 10.1. The second kappa shape index (κ2) is 9.15. The summed E-state index contributed by atoms with van der Waals surface area (Å²) < 4.78 is 40.1. The quantitative estimate of drug-likeness (QED) is 0.412.